The van der Waals surface area contributed by atoms with Crippen LogP contribution in [0.5, 0.6) is 0 Å². The molecule has 2 unspecified atom stereocenters. The number of nitrogens with one attached hydrogen (secondary N) is 1. The lowest BCUT2D eigenvalue weighted by atomic mass is 9.72. The van der Waals surface area contributed by atoms with Crippen molar-refractivity contribution in [2.45, 2.75) is 58.0 Å². The van der Waals surface area contributed by atoms with E-state index in [-0.39, 0.29) is 34.9 Å². The molecule has 45 heavy (non-hydrogen) atoms. The molecule has 2 fully saturated rings. The van der Waals surface area contributed by atoms with E-state index in [4.69, 9.17) is 11.6 Å². The molecule has 1 aliphatic carbocycles. The molecule has 11 heteroatoms. The first kappa shape index (κ1) is 31.1. The van der Waals surface area contributed by atoms with Gasteiger partial charge in [0.1, 0.15) is 12.7 Å². The molecule has 2 saturated heterocycles. The van der Waals surface area contributed by atoms with Gasteiger partial charge >= 0.3 is 0 Å². The number of nitrogens with zero attached hydrogens (tertiary/aromatic N) is 3. The number of piperidine rings is 1. The normalized spacial score (nSPS) is 23.8. The topological polar surface area (TPSA) is 107 Å². The lowest BCUT2D eigenvalue weighted by Gasteiger charge is -2.42. The first-order valence-corrected chi connectivity index (χ1v) is 15.8. The van der Waals surface area contributed by atoms with E-state index in [0.717, 1.165) is 29.7 Å². The molecule has 236 valence electrons. The number of imide groups is 2. The van der Waals surface area contributed by atoms with Crippen LogP contribution in [-0.2, 0) is 9.59 Å². The molecule has 2 aromatic rings. The first-order valence-electron chi connectivity index (χ1n) is 15.4. The maximum absolute atomic E-state index is 14.5. The highest BCUT2D eigenvalue weighted by Gasteiger charge is 2.45. The van der Waals surface area contributed by atoms with E-state index >= 15 is 0 Å². The minimum absolute atomic E-state index is 0.0157. The lowest BCUT2D eigenvalue weighted by molar-refractivity contribution is -0.136. The Morgan fingerprint density at radius 2 is 1.73 bits per heavy atom. The number of carbonyl (C=O) groups excluding carboxylic acids is 5. The minimum Gasteiger partial charge on any atom is -0.330 e. The SMILES string of the molecule is CC1(C)CCC(CN2CCN(C(=O)c3ccc4c(c3)C(=O)N(C3CCC(=O)NC3=O)C4=O)C(CF)C2)=C(c2ccc(Cl)cc2)C1. The van der Waals surface area contributed by atoms with Crippen LogP contribution in [0.3, 0.4) is 0 Å². The number of rotatable bonds is 6. The van der Waals surface area contributed by atoms with Crippen molar-refractivity contribution in [3.63, 3.8) is 0 Å². The van der Waals surface area contributed by atoms with Gasteiger partial charge in [-0.2, -0.15) is 0 Å². The van der Waals surface area contributed by atoms with Gasteiger partial charge in [0, 0.05) is 43.2 Å². The standard InChI is InChI=1S/C34H36ClFN4O5/c1-34(2)12-11-22(27(16-34)20-3-6-23(35)7-4-20)18-38-13-14-39(24(17-36)19-38)31(43)21-5-8-25-26(15-21)33(45)40(32(25)44)28-9-10-29(41)37-30(28)42/h3-8,15,24,28H,9-14,16-19H2,1-2H3,(H,37,41,42). The fourth-order valence-electron chi connectivity index (χ4n) is 6.97. The number of carbonyl (C=O) groups is 5. The van der Waals surface area contributed by atoms with Crippen LogP contribution in [0.15, 0.2) is 48.0 Å². The molecule has 3 heterocycles. The number of allylic oxidation sites excluding steroid dienone is 1. The molecule has 9 nitrogen and oxygen atoms in total. The van der Waals surface area contributed by atoms with E-state index in [1.165, 1.54) is 34.2 Å². The van der Waals surface area contributed by atoms with Crippen molar-refractivity contribution in [1.29, 1.82) is 0 Å². The van der Waals surface area contributed by atoms with Crippen molar-refractivity contribution in [3.05, 3.63) is 75.3 Å². The predicted molar refractivity (Wildman–Crippen MR) is 166 cm³/mol. The van der Waals surface area contributed by atoms with E-state index in [0.29, 0.717) is 31.2 Å². The molecule has 4 aliphatic rings. The molecule has 0 bridgehead atoms. The van der Waals surface area contributed by atoms with Crippen LogP contribution in [0.25, 0.3) is 5.57 Å². The molecule has 0 spiro atoms. The number of halogens is 2. The van der Waals surface area contributed by atoms with Crippen LogP contribution in [-0.4, -0.2) is 89.2 Å². The van der Waals surface area contributed by atoms with Crippen LogP contribution in [0.4, 0.5) is 4.39 Å². The third-order valence-corrected chi connectivity index (χ3v) is 9.74. The summed E-state index contributed by atoms with van der Waals surface area (Å²) in [5.74, 6) is -2.90. The molecule has 2 aromatic carbocycles. The number of benzene rings is 2. The Kier molecular flexibility index (Phi) is 8.39. The fraction of sp³-hybridized carbons (Fsp3) is 0.441. The van der Waals surface area contributed by atoms with Gasteiger partial charge in [-0.1, -0.05) is 43.2 Å². The zero-order chi connectivity index (χ0) is 32.0. The molecule has 2 atom stereocenters. The Balaban J connectivity index is 1.17. The lowest BCUT2D eigenvalue weighted by Crippen LogP contribution is -2.56. The minimum atomic E-state index is -1.09. The number of hydrogen-bond donors (Lipinski definition) is 1. The van der Waals surface area contributed by atoms with E-state index < -0.39 is 48.3 Å². The highest BCUT2D eigenvalue weighted by atomic mass is 35.5. The highest BCUT2D eigenvalue weighted by molar-refractivity contribution is 6.30. The van der Waals surface area contributed by atoms with Crippen LogP contribution in [0.1, 0.15) is 82.6 Å². The van der Waals surface area contributed by atoms with Crippen molar-refractivity contribution < 1.29 is 28.4 Å². The summed E-state index contributed by atoms with van der Waals surface area (Å²) in [4.78, 5) is 68.5. The van der Waals surface area contributed by atoms with Gasteiger partial charge in [-0.3, -0.25) is 39.1 Å². The van der Waals surface area contributed by atoms with Gasteiger partial charge in [-0.25, -0.2) is 4.39 Å². The third kappa shape index (κ3) is 6.05. The predicted octanol–water partition coefficient (Wildman–Crippen LogP) is 4.50. The van der Waals surface area contributed by atoms with Crippen LogP contribution >= 0.6 is 11.6 Å². The fourth-order valence-corrected chi connectivity index (χ4v) is 7.09. The van der Waals surface area contributed by atoms with Crippen molar-refractivity contribution in [3.8, 4) is 0 Å². The molecular weight excluding hydrogens is 599 g/mol. The highest BCUT2D eigenvalue weighted by Crippen LogP contribution is 2.43. The zero-order valence-electron chi connectivity index (χ0n) is 25.4. The van der Waals surface area contributed by atoms with E-state index in [2.05, 4.69) is 36.2 Å². The molecule has 3 aliphatic heterocycles. The number of hydrogen-bond acceptors (Lipinski definition) is 6. The molecule has 6 rings (SSSR count). The number of alkyl halides is 1. The summed E-state index contributed by atoms with van der Waals surface area (Å²) in [6.07, 6.45) is 3.00. The van der Waals surface area contributed by atoms with Crippen molar-refractivity contribution in [2.24, 2.45) is 5.41 Å². The summed E-state index contributed by atoms with van der Waals surface area (Å²) in [6, 6.07) is 10.4. The second kappa shape index (κ2) is 12.1. The summed E-state index contributed by atoms with van der Waals surface area (Å²) >= 11 is 6.15. The van der Waals surface area contributed by atoms with Crippen LogP contribution in [0, 0.1) is 5.41 Å². The zero-order valence-corrected chi connectivity index (χ0v) is 26.2. The first-order chi connectivity index (χ1) is 21.5. The molecule has 1 N–H and O–H groups in total. The summed E-state index contributed by atoms with van der Waals surface area (Å²) in [7, 11) is 0. The Morgan fingerprint density at radius 1 is 1.00 bits per heavy atom. The quantitative estimate of drug-likeness (QED) is 0.469. The van der Waals surface area contributed by atoms with Gasteiger partial charge in [-0.05, 0) is 72.6 Å². The largest absolute Gasteiger partial charge is 0.330 e. The molecule has 0 aromatic heterocycles. The van der Waals surface area contributed by atoms with Gasteiger partial charge in [0.15, 0.2) is 0 Å². The smallest absolute Gasteiger partial charge is 0.262 e. The molecule has 5 amide bonds. The van der Waals surface area contributed by atoms with E-state index in [1.807, 2.05) is 12.1 Å². The van der Waals surface area contributed by atoms with Gasteiger partial charge in [0.2, 0.25) is 11.8 Å². The van der Waals surface area contributed by atoms with Gasteiger partial charge in [0.25, 0.3) is 17.7 Å². The Labute approximate surface area is 266 Å². The van der Waals surface area contributed by atoms with Gasteiger partial charge < -0.3 is 4.90 Å². The summed E-state index contributed by atoms with van der Waals surface area (Å²) < 4.78 is 14.5. The maximum atomic E-state index is 14.5. The van der Waals surface area contributed by atoms with Crippen LogP contribution in [0.2, 0.25) is 5.02 Å². The Bertz CT molecular complexity index is 1620. The average Bonchev–Trinajstić information content (AvgIpc) is 3.26. The van der Waals surface area contributed by atoms with Crippen molar-refractivity contribution in [2.75, 3.05) is 32.9 Å². The second-order valence-electron chi connectivity index (χ2n) is 13.2. The third-order valence-electron chi connectivity index (χ3n) is 9.49. The number of piperazine rings is 1. The summed E-state index contributed by atoms with van der Waals surface area (Å²) in [6.45, 7) is 5.77. The Morgan fingerprint density at radius 3 is 2.44 bits per heavy atom. The summed E-state index contributed by atoms with van der Waals surface area (Å²) in [5.41, 5.74) is 4.25. The average molecular weight is 635 g/mol. The Hall–Kier alpha value is -3.89. The van der Waals surface area contributed by atoms with E-state index in [1.54, 1.807) is 0 Å². The monoisotopic (exact) mass is 634 g/mol. The summed E-state index contributed by atoms with van der Waals surface area (Å²) in [5, 5.41) is 2.86. The number of fused-ring (bicyclic) bond motifs is 1. The molecular formula is C34H36ClFN4O5. The van der Waals surface area contributed by atoms with Gasteiger partial charge in [0.05, 0.1) is 17.2 Å². The van der Waals surface area contributed by atoms with Crippen molar-refractivity contribution in [1.82, 2.24) is 20.0 Å². The van der Waals surface area contributed by atoms with Gasteiger partial charge in [-0.15, -0.1) is 0 Å². The van der Waals surface area contributed by atoms with E-state index in [9.17, 15) is 28.4 Å². The molecule has 0 radical (unpaired) electrons. The number of amides is 5. The molecule has 0 saturated carbocycles. The maximum Gasteiger partial charge on any atom is 0.262 e. The van der Waals surface area contributed by atoms with Crippen molar-refractivity contribution >= 4 is 46.7 Å². The second-order valence-corrected chi connectivity index (χ2v) is 13.6. The van der Waals surface area contributed by atoms with Crippen LogP contribution < -0.4 is 5.32 Å².